The smallest absolute Gasteiger partial charge is 0.220 e. The fraction of sp³-hybridized carbons (Fsp3) is 0.900. The highest BCUT2D eigenvalue weighted by molar-refractivity contribution is 5.76. The lowest BCUT2D eigenvalue weighted by atomic mass is 9.96. The lowest BCUT2D eigenvalue weighted by molar-refractivity contribution is -0.122. The Morgan fingerprint density at radius 2 is 1.83 bits per heavy atom. The van der Waals surface area contributed by atoms with E-state index in [1.165, 1.54) is 12.8 Å². The van der Waals surface area contributed by atoms with Crippen LogP contribution in [0.1, 0.15) is 52.4 Å². The van der Waals surface area contributed by atoms with Gasteiger partial charge in [-0.15, -0.1) is 0 Å². The zero-order valence-electron chi connectivity index (χ0n) is 8.31. The molecule has 0 spiro atoms. The van der Waals surface area contributed by atoms with E-state index in [4.69, 9.17) is 5.73 Å². The quantitative estimate of drug-likeness (QED) is 0.587. The molecule has 2 heteroatoms. The predicted molar refractivity (Wildman–Crippen MR) is 51.7 cm³/mol. The summed E-state index contributed by atoms with van der Waals surface area (Å²) in [5.41, 5.74) is 5.27. The lowest BCUT2D eigenvalue weighted by Crippen LogP contribution is -2.22. The van der Waals surface area contributed by atoms with E-state index in [1.54, 1.807) is 0 Å². The van der Waals surface area contributed by atoms with Crippen LogP contribution in [0, 0.1) is 5.92 Å². The van der Waals surface area contributed by atoms with Crippen molar-refractivity contribution in [3.8, 4) is 0 Å². The van der Waals surface area contributed by atoms with E-state index in [2.05, 4.69) is 13.8 Å². The Bertz CT molecular complexity index is 123. The van der Waals surface area contributed by atoms with E-state index >= 15 is 0 Å². The van der Waals surface area contributed by atoms with Gasteiger partial charge < -0.3 is 5.73 Å². The van der Waals surface area contributed by atoms with Gasteiger partial charge in [-0.05, 0) is 12.8 Å². The normalized spacial score (nSPS) is 12.8. The summed E-state index contributed by atoms with van der Waals surface area (Å²) in [4.78, 5) is 10.9. The SMILES string of the molecule is CCCCCC(CCC)C(N)=O. The molecule has 72 valence electrons. The topological polar surface area (TPSA) is 43.1 Å². The van der Waals surface area contributed by atoms with Crippen molar-refractivity contribution in [1.29, 1.82) is 0 Å². The van der Waals surface area contributed by atoms with Gasteiger partial charge in [0.05, 0.1) is 0 Å². The van der Waals surface area contributed by atoms with Gasteiger partial charge in [-0.2, -0.15) is 0 Å². The molecule has 0 rings (SSSR count). The highest BCUT2D eigenvalue weighted by Gasteiger charge is 2.12. The van der Waals surface area contributed by atoms with Crippen molar-refractivity contribution in [3.63, 3.8) is 0 Å². The summed E-state index contributed by atoms with van der Waals surface area (Å²) >= 11 is 0. The van der Waals surface area contributed by atoms with E-state index in [9.17, 15) is 4.79 Å². The summed E-state index contributed by atoms with van der Waals surface area (Å²) in [5.74, 6) is 0.00880. The molecule has 2 N–H and O–H groups in total. The Morgan fingerprint density at radius 1 is 1.17 bits per heavy atom. The molecule has 0 aromatic rings. The molecule has 0 aromatic carbocycles. The molecule has 0 saturated heterocycles. The molecule has 1 unspecified atom stereocenters. The van der Waals surface area contributed by atoms with Crippen LogP contribution in [0.3, 0.4) is 0 Å². The van der Waals surface area contributed by atoms with Crippen molar-refractivity contribution in [2.75, 3.05) is 0 Å². The minimum atomic E-state index is -0.118. The van der Waals surface area contributed by atoms with Gasteiger partial charge in [0.15, 0.2) is 0 Å². The molecule has 1 amide bonds. The van der Waals surface area contributed by atoms with Gasteiger partial charge in [-0.1, -0.05) is 39.5 Å². The number of rotatable bonds is 7. The Hall–Kier alpha value is -0.530. The molecular formula is C10H21NO. The van der Waals surface area contributed by atoms with Gasteiger partial charge in [0.2, 0.25) is 5.91 Å². The molecule has 0 aliphatic rings. The molecular weight excluding hydrogens is 150 g/mol. The summed E-state index contributed by atoms with van der Waals surface area (Å²) in [6, 6.07) is 0. The molecule has 0 radical (unpaired) electrons. The second-order valence-electron chi connectivity index (χ2n) is 3.38. The maximum atomic E-state index is 10.9. The summed E-state index contributed by atoms with van der Waals surface area (Å²) in [5, 5.41) is 0. The largest absolute Gasteiger partial charge is 0.369 e. The molecule has 0 saturated carbocycles. The van der Waals surface area contributed by atoms with Gasteiger partial charge in [0.25, 0.3) is 0 Å². The molecule has 12 heavy (non-hydrogen) atoms. The third-order valence-corrected chi connectivity index (χ3v) is 2.20. The van der Waals surface area contributed by atoms with Gasteiger partial charge in [-0.25, -0.2) is 0 Å². The highest BCUT2D eigenvalue weighted by atomic mass is 16.1. The fourth-order valence-corrected chi connectivity index (χ4v) is 1.42. The maximum Gasteiger partial charge on any atom is 0.220 e. The van der Waals surface area contributed by atoms with Crippen LogP contribution >= 0.6 is 0 Å². The zero-order valence-corrected chi connectivity index (χ0v) is 8.31. The van der Waals surface area contributed by atoms with Crippen molar-refractivity contribution < 1.29 is 4.79 Å². The number of primary amides is 1. The summed E-state index contributed by atoms with van der Waals surface area (Å²) < 4.78 is 0. The Morgan fingerprint density at radius 3 is 2.25 bits per heavy atom. The van der Waals surface area contributed by atoms with Gasteiger partial charge in [0, 0.05) is 5.92 Å². The number of amides is 1. The molecule has 0 aromatic heterocycles. The number of carbonyl (C=O) groups is 1. The second-order valence-corrected chi connectivity index (χ2v) is 3.38. The predicted octanol–water partition coefficient (Wildman–Crippen LogP) is 2.47. The van der Waals surface area contributed by atoms with Crippen LogP contribution in [0.15, 0.2) is 0 Å². The number of carbonyl (C=O) groups excluding carboxylic acids is 1. The maximum absolute atomic E-state index is 10.9. The van der Waals surface area contributed by atoms with E-state index in [1.807, 2.05) is 0 Å². The first-order chi connectivity index (χ1) is 5.72. The Balaban J connectivity index is 3.56. The molecule has 0 bridgehead atoms. The first kappa shape index (κ1) is 11.5. The first-order valence-corrected chi connectivity index (χ1v) is 5.01. The molecule has 0 fully saturated rings. The summed E-state index contributed by atoms with van der Waals surface area (Å²) in [7, 11) is 0. The monoisotopic (exact) mass is 171 g/mol. The third-order valence-electron chi connectivity index (χ3n) is 2.20. The molecule has 1 atom stereocenters. The number of hydrogen-bond acceptors (Lipinski definition) is 1. The van der Waals surface area contributed by atoms with Crippen LogP contribution in [-0.2, 0) is 4.79 Å². The van der Waals surface area contributed by atoms with Crippen LogP contribution < -0.4 is 5.73 Å². The number of hydrogen-bond donors (Lipinski definition) is 1. The van der Waals surface area contributed by atoms with Crippen LogP contribution in [0.4, 0.5) is 0 Å². The first-order valence-electron chi connectivity index (χ1n) is 5.01. The van der Waals surface area contributed by atoms with Crippen LogP contribution in [-0.4, -0.2) is 5.91 Å². The third kappa shape index (κ3) is 5.16. The zero-order chi connectivity index (χ0) is 9.40. The minimum absolute atomic E-state index is 0.118. The van der Waals surface area contributed by atoms with Crippen molar-refractivity contribution in [2.45, 2.75) is 52.4 Å². The van der Waals surface area contributed by atoms with Gasteiger partial charge in [0.1, 0.15) is 0 Å². The molecule has 0 aliphatic heterocycles. The van der Waals surface area contributed by atoms with E-state index in [0.29, 0.717) is 0 Å². The van der Waals surface area contributed by atoms with Crippen LogP contribution in [0.5, 0.6) is 0 Å². The standard InChI is InChI=1S/C10H21NO/c1-3-5-6-8-9(7-4-2)10(11)12/h9H,3-8H2,1-2H3,(H2,11,12). The van der Waals surface area contributed by atoms with Crippen molar-refractivity contribution in [2.24, 2.45) is 11.7 Å². The van der Waals surface area contributed by atoms with Gasteiger partial charge in [-0.3, -0.25) is 4.79 Å². The molecule has 0 heterocycles. The highest BCUT2D eigenvalue weighted by Crippen LogP contribution is 2.14. The van der Waals surface area contributed by atoms with E-state index in [0.717, 1.165) is 25.7 Å². The van der Waals surface area contributed by atoms with Crippen molar-refractivity contribution in [3.05, 3.63) is 0 Å². The molecule has 2 nitrogen and oxygen atoms in total. The van der Waals surface area contributed by atoms with Gasteiger partial charge >= 0.3 is 0 Å². The summed E-state index contributed by atoms with van der Waals surface area (Å²) in [6.45, 7) is 4.26. The minimum Gasteiger partial charge on any atom is -0.369 e. The fourth-order valence-electron chi connectivity index (χ4n) is 1.42. The average molecular weight is 171 g/mol. The number of unbranched alkanes of at least 4 members (excludes halogenated alkanes) is 2. The Labute approximate surface area is 75.5 Å². The Kier molecular flexibility index (Phi) is 6.82. The van der Waals surface area contributed by atoms with Crippen LogP contribution in [0.2, 0.25) is 0 Å². The van der Waals surface area contributed by atoms with Crippen molar-refractivity contribution in [1.82, 2.24) is 0 Å². The van der Waals surface area contributed by atoms with E-state index in [-0.39, 0.29) is 11.8 Å². The van der Waals surface area contributed by atoms with Crippen LogP contribution in [0.25, 0.3) is 0 Å². The average Bonchev–Trinajstić information content (AvgIpc) is 2.03. The van der Waals surface area contributed by atoms with E-state index < -0.39 is 0 Å². The molecule has 0 aliphatic carbocycles. The lowest BCUT2D eigenvalue weighted by Gasteiger charge is -2.10. The second kappa shape index (κ2) is 7.14. The number of nitrogens with two attached hydrogens (primary N) is 1. The van der Waals surface area contributed by atoms with Crippen molar-refractivity contribution >= 4 is 5.91 Å². The summed E-state index contributed by atoms with van der Waals surface area (Å²) in [6.07, 6.45) is 6.56.